The van der Waals surface area contributed by atoms with Crippen LogP contribution < -0.4 is 10.6 Å². The zero-order chi connectivity index (χ0) is 17.4. The number of hydrogen-bond acceptors (Lipinski definition) is 6. The molecule has 1 aromatic rings. The first-order chi connectivity index (χ1) is 11.6. The second-order valence-electron chi connectivity index (χ2n) is 5.75. The molecule has 25 heavy (non-hydrogen) atoms. The maximum Gasteiger partial charge on any atom is 0.269 e. The maximum absolute atomic E-state index is 12.1. The van der Waals surface area contributed by atoms with Crippen LogP contribution in [0.5, 0.6) is 0 Å². The molecule has 2 N–H and O–H groups in total. The molecule has 1 amide bonds. The molecule has 1 aliphatic rings. The van der Waals surface area contributed by atoms with Crippen LogP contribution in [-0.4, -0.2) is 60.2 Å². The van der Waals surface area contributed by atoms with Crippen molar-refractivity contribution in [3.63, 3.8) is 0 Å². The number of piperazine rings is 1. The molecule has 1 aromatic carbocycles. The maximum atomic E-state index is 12.1. The second-order valence-corrected chi connectivity index (χ2v) is 7.16. The Hall–Kier alpha value is -1.35. The number of thioether (sulfide) groups is 1. The summed E-state index contributed by atoms with van der Waals surface area (Å²) in [5.74, 6) is -0.00124. The average Bonchev–Trinajstić information content (AvgIpc) is 2.60. The van der Waals surface area contributed by atoms with Gasteiger partial charge in [0, 0.05) is 49.8 Å². The zero-order valence-corrected chi connectivity index (χ0v) is 15.9. The van der Waals surface area contributed by atoms with Crippen LogP contribution in [0.25, 0.3) is 0 Å². The molecule has 7 nitrogen and oxygen atoms in total. The van der Waals surface area contributed by atoms with Gasteiger partial charge in [0.05, 0.1) is 10.2 Å². The van der Waals surface area contributed by atoms with Gasteiger partial charge in [0.1, 0.15) is 0 Å². The summed E-state index contributed by atoms with van der Waals surface area (Å²) in [5, 5.41) is 16.7. The number of amides is 1. The molecule has 140 valence electrons. The van der Waals surface area contributed by atoms with E-state index in [9.17, 15) is 14.9 Å². The molecule has 1 unspecified atom stereocenters. The van der Waals surface area contributed by atoms with Crippen LogP contribution in [0.1, 0.15) is 13.3 Å². The number of carbonyl (C=O) groups is 1. The summed E-state index contributed by atoms with van der Waals surface area (Å²) in [6, 6.07) is 6.27. The smallest absolute Gasteiger partial charge is 0.269 e. The third kappa shape index (κ3) is 7.60. The SMILES string of the molecule is CC(Sc1ccc([N+](=O)[O-])cc1)C(=O)NCCCN1CCNCC1.Cl. The molecule has 0 bridgehead atoms. The van der Waals surface area contributed by atoms with Crippen LogP contribution in [0.4, 0.5) is 5.69 Å². The van der Waals surface area contributed by atoms with E-state index in [0.29, 0.717) is 6.54 Å². The summed E-state index contributed by atoms with van der Waals surface area (Å²) in [7, 11) is 0. The minimum Gasteiger partial charge on any atom is -0.355 e. The van der Waals surface area contributed by atoms with Gasteiger partial charge in [0.2, 0.25) is 5.91 Å². The molecular weight excluding hydrogens is 364 g/mol. The van der Waals surface area contributed by atoms with E-state index >= 15 is 0 Å². The van der Waals surface area contributed by atoms with Gasteiger partial charge in [0.15, 0.2) is 0 Å². The minimum atomic E-state index is -0.428. The summed E-state index contributed by atoms with van der Waals surface area (Å²) in [4.78, 5) is 25.6. The number of carbonyl (C=O) groups excluding carboxylic acids is 1. The number of halogens is 1. The zero-order valence-electron chi connectivity index (χ0n) is 14.3. The average molecular weight is 389 g/mol. The Morgan fingerprint density at radius 3 is 2.60 bits per heavy atom. The van der Waals surface area contributed by atoms with Gasteiger partial charge < -0.3 is 15.5 Å². The molecule has 0 saturated carbocycles. The van der Waals surface area contributed by atoms with E-state index < -0.39 is 4.92 Å². The van der Waals surface area contributed by atoms with Crippen molar-refractivity contribution in [2.75, 3.05) is 39.3 Å². The lowest BCUT2D eigenvalue weighted by Crippen LogP contribution is -2.44. The largest absolute Gasteiger partial charge is 0.355 e. The molecule has 1 saturated heterocycles. The number of nitro benzene ring substituents is 1. The number of non-ortho nitro benzene ring substituents is 1. The van der Waals surface area contributed by atoms with Crippen molar-refractivity contribution in [1.29, 1.82) is 0 Å². The van der Waals surface area contributed by atoms with Crippen LogP contribution in [0, 0.1) is 10.1 Å². The van der Waals surface area contributed by atoms with Gasteiger partial charge >= 0.3 is 0 Å². The Morgan fingerprint density at radius 2 is 2.00 bits per heavy atom. The number of benzene rings is 1. The quantitative estimate of drug-likeness (QED) is 0.306. The van der Waals surface area contributed by atoms with E-state index in [1.54, 1.807) is 12.1 Å². The number of rotatable bonds is 8. The Labute approximate surface area is 158 Å². The van der Waals surface area contributed by atoms with E-state index in [1.165, 1.54) is 23.9 Å². The Kier molecular flexibility index (Phi) is 9.81. The van der Waals surface area contributed by atoms with Gasteiger partial charge in [-0.3, -0.25) is 14.9 Å². The first kappa shape index (κ1) is 21.7. The normalized spacial score (nSPS) is 15.9. The number of nitro groups is 1. The minimum absolute atomic E-state index is 0. The molecule has 1 fully saturated rings. The monoisotopic (exact) mass is 388 g/mol. The van der Waals surface area contributed by atoms with Crippen molar-refractivity contribution in [3.05, 3.63) is 34.4 Å². The topological polar surface area (TPSA) is 87.5 Å². The Bertz CT molecular complexity index is 553. The van der Waals surface area contributed by atoms with Gasteiger partial charge in [-0.1, -0.05) is 0 Å². The van der Waals surface area contributed by atoms with Crippen LogP contribution in [-0.2, 0) is 4.79 Å². The predicted octanol–water partition coefficient (Wildman–Crippen LogP) is 1.91. The fourth-order valence-electron chi connectivity index (χ4n) is 2.50. The lowest BCUT2D eigenvalue weighted by atomic mass is 10.3. The number of hydrogen-bond donors (Lipinski definition) is 2. The third-order valence-corrected chi connectivity index (χ3v) is 5.00. The number of nitrogens with zero attached hydrogens (tertiary/aromatic N) is 2. The lowest BCUT2D eigenvalue weighted by molar-refractivity contribution is -0.384. The molecule has 0 aliphatic carbocycles. The van der Waals surface area contributed by atoms with Crippen LogP contribution in [0.15, 0.2) is 29.2 Å². The Balaban J connectivity index is 0.00000312. The molecule has 9 heteroatoms. The van der Waals surface area contributed by atoms with Crippen molar-refractivity contribution in [2.24, 2.45) is 0 Å². The van der Waals surface area contributed by atoms with E-state index in [0.717, 1.165) is 44.0 Å². The summed E-state index contributed by atoms with van der Waals surface area (Å²) < 4.78 is 0. The van der Waals surface area contributed by atoms with Crippen molar-refractivity contribution in [1.82, 2.24) is 15.5 Å². The van der Waals surface area contributed by atoms with Gasteiger partial charge in [-0.15, -0.1) is 24.2 Å². The summed E-state index contributed by atoms with van der Waals surface area (Å²) >= 11 is 1.40. The van der Waals surface area contributed by atoms with Gasteiger partial charge in [-0.05, 0) is 32.0 Å². The van der Waals surface area contributed by atoms with Crippen LogP contribution in [0.2, 0.25) is 0 Å². The first-order valence-corrected chi connectivity index (χ1v) is 9.06. The van der Waals surface area contributed by atoms with Crippen molar-refractivity contribution in [3.8, 4) is 0 Å². The number of nitrogens with one attached hydrogen (secondary N) is 2. The van der Waals surface area contributed by atoms with Crippen molar-refractivity contribution >= 4 is 35.8 Å². The highest BCUT2D eigenvalue weighted by Crippen LogP contribution is 2.25. The molecule has 2 rings (SSSR count). The van der Waals surface area contributed by atoms with Crippen LogP contribution in [0.3, 0.4) is 0 Å². The Morgan fingerprint density at radius 1 is 1.36 bits per heavy atom. The van der Waals surface area contributed by atoms with E-state index in [1.807, 2.05) is 6.92 Å². The first-order valence-electron chi connectivity index (χ1n) is 8.18. The van der Waals surface area contributed by atoms with Crippen LogP contribution >= 0.6 is 24.2 Å². The third-order valence-electron chi connectivity index (χ3n) is 3.89. The standard InChI is InChI=1S/C16H24N4O3S.ClH/c1-13(24-15-5-3-14(4-6-15)20(22)23)16(21)18-7-2-10-19-11-8-17-9-12-19;/h3-6,13,17H,2,7-12H2,1H3,(H,18,21);1H. The van der Waals surface area contributed by atoms with E-state index in [-0.39, 0.29) is 29.3 Å². The molecular formula is C16H25ClN4O3S. The van der Waals surface area contributed by atoms with Crippen molar-refractivity contribution in [2.45, 2.75) is 23.5 Å². The predicted molar refractivity (Wildman–Crippen MR) is 103 cm³/mol. The molecule has 0 aromatic heterocycles. The molecule has 1 heterocycles. The molecule has 1 aliphatic heterocycles. The molecule has 0 radical (unpaired) electrons. The summed E-state index contributed by atoms with van der Waals surface area (Å²) in [6.07, 6.45) is 0.945. The van der Waals surface area contributed by atoms with Gasteiger partial charge in [-0.2, -0.15) is 0 Å². The molecule has 1 atom stereocenters. The van der Waals surface area contributed by atoms with E-state index in [2.05, 4.69) is 15.5 Å². The summed E-state index contributed by atoms with van der Waals surface area (Å²) in [5.41, 5.74) is 0.0596. The fourth-order valence-corrected chi connectivity index (χ4v) is 3.39. The highest BCUT2D eigenvalue weighted by Gasteiger charge is 2.15. The van der Waals surface area contributed by atoms with E-state index in [4.69, 9.17) is 0 Å². The lowest BCUT2D eigenvalue weighted by Gasteiger charge is -2.27. The van der Waals surface area contributed by atoms with Gasteiger partial charge in [0.25, 0.3) is 5.69 Å². The highest BCUT2D eigenvalue weighted by molar-refractivity contribution is 8.00. The second kappa shape index (κ2) is 11.3. The molecule has 0 spiro atoms. The van der Waals surface area contributed by atoms with Crippen molar-refractivity contribution < 1.29 is 9.72 Å². The fraction of sp³-hybridized carbons (Fsp3) is 0.562. The summed E-state index contributed by atoms with van der Waals surface area (Å²) in [6.45, 7) is 7.74. The van der Waals surface area contributed by atoms with Gasteiger partial charge in [-0.25, -0.2) is 0 Å². The highest BCUT2D eigenvalue weighted by atomic mass is 35.5.